The second-order valence-electron chi connectivity index (χ2n) is 9.42. The Kier molecular flexibility index (Phi) is 5.63. The minimum absolute atomic E-state index is 0.0113. The largest absolute Gasteiger partial charge is 0.488 e. The Balaban J connectivity index is 1.53. The molecule has 3 heterocycles. The number of fused-ring (bicyclic) bond motifs is 3. The van der Waals surface area contributed by atoms with E-state index < -0.39 is 11.9 Å². The van der Waals surface area contributed by atoms with E-state index in [-0.39, 0.29) is 18.5 Å². The molecule has 2 aliphatic heterocycles. The summed E-state index contributed by atoms with van der Waals surface area (Å²) in [5, 5.41) is 19.9. The van der Waals surface area contributed by atoms with E-state index in [0.29, 0.717) is 46.7 Å². The highest BCUT2D eigenvalue weighted by atomic mass is 19.1. The zero-order valence-electron chi connectivity index (χ0n) is 19.9. The van der Waals surface area contributed by atoms with Gasteiger partial charge in [-0.3, -0.25) is 0 Å². The predicted octanol–water partition coefficient (Wildman–Crippen LogP) is 3.96. The van der Waals surface area contributed by atoms with Crippen molar-refractivity contribution in [2.75, 3.05) is 20.1 Å². The van der Waals surface area contributed by atoms with Crippen LogP contribution < -0.4 is 10.4 Å². The van der Waals surface area contributed by atoms with Gasteiger partial charge in [0, 0.05) is 30.3 Å². The molecule has 0 bridgehead atoms. The van der Waals surface area contributed by atoms with Crippen LogP contribution in [0.2, 0.25) is 0 Å². The number of likely N-dealkylation sites (tertiary alicyclic amines) is 1. The van der Waals surface area contributed by atoms with E-state index in [4.69, 9.17) is 4.74 Å². The molecule has 0 saturated carbocycles. The van der Waals surface area contributed by atoms with E-state index in [1.165, 1.54) is 18.2 Å². The lowest BCUT2D eigenvalue weighted by Gasteiger charge is -2.16. The van der Waals surface area contributed by atoms with Crippen LogP contribution in [0, 0.1) is 23.1 Å². The van der Waals surface area contributed by atoms with E-state index in [2.05, 4.69) is 9.98 Å². The number of aliphatic hydroxyl groups is 1. The monoisotopic (exact) mass is 499 g/mol. The van der Waals surface area contributed by atoms with Crippen LogP contribution in [0.25, 0.3) is 22.7 Å². The van der Waals surface area contributed by atoms with Gasteiger partial charge in [-0.25, -0.2) is 8.78 Å². The third-order valence-electron chi connectivity index (χ3n) is 7.01. The average molecular weight is 500 g/mol. The number of hydrogen-bond donors (Lipinski definition) is 2. The molecule has 186 valence electrons. The van der Waals surface area contributed by atoms with Gasteiger partial charge in [-0.1, -0.05) is 18.2 Å². The number of hydrogen-bond acceptors (Lipinski definition) is 5. The maximum Gasteiger partial charge on any atom is 0.219 e. The summed E-state index contributed by atoms with van der Waals surface area (Å²) in [5.41, 5.74) is 5.12. The van der Waals surface area contributed by atoms with Crippen LogP contribution in [0.5, 0.6) is 5.75 Å². The van der Waals surface area contributed by atoms with Crippen molar-refractivity contribution in [1.29, 1.82) is 5.26 Å². The SMILES string of the molecule is CN1C[C@H](O)[C@@H](n2/c(=N/C#N)[nH]c3cc(/C=C4/c5ccc(F)cc5OCc5c(F)cccc54)ccc32)C1. The highest BCUT2D eigenvalue weighted by Gasteiger charge is 2.32. The minimum atomic E-state index is -0.599. The molecule has 4 aromatic rings. The van der Waals surface area contributed by atoms with Gasteiger partial charge in [0.1, 0.15) is 24.0 Å². The summed E-state index contributed by atoms with van der Waals surface area (Å²) in [6.07, 6.45) is 3.15. The fourth-order valence-electron chi connectivity index (χ4n) is 5.34. The second kappa shape index (κ2) is 9.00. The first-order chi connectivity index (χ1) is 17.9. The van der Waals surface area contributed by atoms with Crippen LogP contribution in [0.1, 0.15) is 28.3 Å². The number of rotatable bonds is 2. The Morgan fingerprint density at radius 3 is 2.78 bits per heavy atom. The molecule has 0 aliphatic carbocycles. The Morgan fingerprint density at radius 2 is 2.00 bits per heavy atom. The lowest BCUT2D eigenvalue weighted by atomic mass is 9.92. The van der Waals surface area contributed by atoms with E-state index >= 15 is 0 Å². The first-order valence-corrected chi connectivity index (χ1v) is 11.9. The van der Waals surface area contributed by atoms with Gasteiger partial charge in [-0.05, 0) is 60.2 Å². The summed E-state index contributed by atoms with van der Waals surface area (Å²) < 4.78 is 36.4. The molecule has 1 saturated heterocycles. The van der Waals surface area contributed by atoms with Crippen molar-refractivity contribution >= 4 is 22.7 Å². The summed E-state index contributed by atoms with van der Waals surface area (Å²) in [7, 11) is 1.94. The molecule has 0 unspecified atom stereocenters. The van der Waals surface area contributed by atoms with Gasteiger partial charge in [-0.15, -0.1) is 4.99 Å². The van der Waals surface area contributed by atoms with Crippen LogP contribution in [0.3, 0.4) is 0 Å². The number of ether oxygens (including phenoxy) is 1. The Bertz CT molecular complexity index is 1680. The molecule has 1 fully saturated rings. The number of nitrogens with zero attached hydrogens (tertiary/aromatic N) is 4. The van der Waals surface area contributed by atoms with E-state index in [1.807, 2.05) is 53.0 Å². The summed E-state index contributed by atoms with van der Waals surface area (Å²) in [6.45, 7) is 1.13. The van der Waals surface area contributed by atoms with Gasteiger partial charge >= 0.3 is 0 Å². The molecular weight excluding hydrogens is 476 g/mol. The lowest BCUT2D eigenvalue weighted by molar-refractivity contribution is 0.146. The maximum atomic E-state index is 14.8. The number of β-amino-alcohol motifs (C(OH)–C–C–N with tert-alkyl or cyclic N) is 1. The van der Waals surface area contributed by atoms with Crippen LogP contribution in [-0.2, 0) is 6.61 Å². The molecule has 2 atom stereocenters. The smallest absolute Gasteiger partial charge is 0.219 e. The molecule has 9 heteroatoms. The van der Waals surface area contributed by atoms with Crippen molar-refractivity contribution in [1.82, 2.24) is 14.5 Å². The summed E-state index contributed by atoms with van der Waals surface area (Å²) in [4.78, 5) is 9.19. The Labute approximate surface area is 211 Å². The molecule has 0 amide bonds. The molecule has 3 aromatic carbocycles. The topological polar surface area (TPSA) is 89.6 Å². The van der Waals surface area contributed by atoms with Crippen LogP contribution >= 0.6 is 0 Å². The zero-order valence-corrected chi connectivity index (χ0v) is 19.9. The number of nitrogens with one attached hydrogen (secondary N) is 1. The number of aliphatic hydroxyl groups excluding tert-OH is 1. The lowest BCUT2D eigenvalue weighted by Crippen LogP contribution is -2.30. The summed E-state index contributed by atoms with van der Waals surface area (Å²) in [6, 6.07) is 14.6. The van der Waals surface area contributed by atoms with E-state index in [0.717, 1.165) is 16.6 Å². The quantitative estimate of drug-likeness (QED) is 0.409. The molecule has 0 radical (unpaired) electrons. The van der Waals surface area contributed by atoms with Crippen molar-refractivity contribution in [3.05, 3.63) is 94.1 Å². The van der Waals surface area contributed by atoms with E-state index in [1.54, 1.807) is 12.1 Å². The third-order valence-corrected chi connectivity index (χ3v) is 7.01. The molecule has 0 spiro atoms. The summed E-state index contributed by atoms with van der Waals surface area (Å²) in [5.74, 6) is -0.481. The number of aromatic nitrogens is 2. The zero-order chi connectivity index (χ0) is 25.7. The number of aromatic amines is 1. The highest BCUT2D eigenvalue weighted by Crippen LogP contribution is 2.39. The highest BCUT2D eigenvalue weighted by molar-refractivity contribution is 5.95. The Morgan fingerprint density at radius 1 is 1.14 bits per heavy atom. The Hall–Kier alpha value is -4.26. The number of H-pyrrole nitrogens is 1. The molecule has 1 aromatic heterocycles. The van der Waals surface area contributed by atoms with Crippen molar-refractivity contribution in [2.24, 2.45) is 4.99 Å². The standard InChI is InChI=1S/C28H23F2N5O2/c1-34-12-25(26(36)13-34)35-24-8-5-16(10-23(24)33-28(35)32-15-31)9-20-18-3-2-4-22(30)21(18)14-37-27-11-17(29)6-7-19(20)27/h2-11,25-26,36H,12-14H2,1H3,(H,32,33)/b20-9+/t25-,26-/m0/s1. The van der Waals surface area contributed by atoms with Crippen molar-refractivity contribution in [3.63, 3.8) is 0 Å². The maximum absolute atomic E-state index is 14.8. The first kappa shape index (κ1) is 23.2. The minimum Gasteiger partial charge on any atom is -0.488 e. The molecule has 37 heavy (non-hydrogen) atoms. The average Bonchev–Trinajstić information content (AvgIpc) is 3.34. The molecule has 2 aliphatic rings. The molecular formula is C28H23F2N5O2. The van der Waals surface area contributed by atoms with Gasteiger partial charge in [0.05, 0.1) is 23.2 Å². The summed E-state index contributed by atoms with van der Waals surface area (Å²) >= 11 is 0. The number of likely N-dealkylation sites (N-methyl/N-ethyl adjacent to an activating group) is 1. The molecule has 7 nitrogen and oxygen atoms in total. The van der Waals surface area contributed by atoms with Gasteiger partial charge in [0.2, 0.25) is 11.8 Å². The van der Waals surface area contributed by atoms with Gasteiger partial charge in [0.25, 0.3) is 0 Å². The van der Waals surface area contributed by atoms with Crippen LogP contribution in [0.4, 0.5) is 8.78 Å². The van der Waals surface area contributed by atoms with Crippen molar-refractivity contribution in [3.8, 4) is 11.9 Å². The number of benzene rings is 3. The molecule has 6 rings (SSSR count). The van der Waals surface area contributed by atoms with Gasteiger partial charge in [-0.2, -0.15) is 5.26 Å². The number of nitriles is 1. The van der Waals surface area contributed by atoms with Crippen molar-refractivity contribution < 1.29 is 18.6 Å². The first-order valence-electron chi connectivity index (χ1n) is 11.9. The van der Waals surface area contributed by atoms with E-state index in [9.17, 15) is 19.1 Å². The normalized spacial score (nSPS) is 20.9. The predicted molar refractivity (Wildman–Crippen MR) is 134 cm³/mol. The fraction of sp³-hybridized carbons (Fsp3) is 0.214. The van der Waals surface area contributed by atoms with Gasteiger partial charge in [0.15, 0.2) is 0 Å². The fourth-order valence-corrected chi connectivity index (χ4v) is 5.34. The van der Waals surface area contributed by atoms with Gasteiger partial charge < -0.3 is 24.3 Å². The van der Waals surface area contributed by atoms with Crippen LogP contribution in [-0.4, -0.2) is 45.8 Å². The molecule has 2 N–H and O–H groups in total. The van der Waals surface area contributed by atoms with Crippen molar-refractivity contribution in [2.45, 2.75) is 18.8 Å². The number of imidazole rings is 1. The van der Waals surface area contributed by atoms with Crippen LogP contribution in [0.15, 0.2) is 59.6 Å². The number of halogens is 2. The third kappa shape index (κ3) is 4.00. The second-order valence-corrected chi connectivity index (χ2v) is 9.42.